The molecule has 5 nitrogen and oxygen atoms in total. The highest BCUT2D eigenvalue weighted by Crippen LogP contribution is 2.11. The molecule has 1 aliphatic heterocycles. The maximum Gasteiger partial charge on any atom is 0.270 e. The van der Waals surface area contributed by atoms with Crippen molar-refractivity contribution < 1.29 is 9.59 Å². The van der Waals surface area contributed by atoms with Crippen LogP contribution in [0, 0.1) is 5.92 Å². The van der Waals surface area contributed by atoms with Gasteiger partial charge in [0.05, 0.1) is 0 Å². The Morgan fingerprint density at radius 1 is 1.41 bits per heavy atom. The number of rotatable bonds is 4. The van der Waals surface area contributed by atoms with Crippen LogP contribution in [-0.2, 0) is 9.59 Å². The summed E-state index contributed by atoms with van der Waals surface area (Å²) in [6.07, 6.45) is 1.74. The average molecular weight is 239 g/mol. The van der Waals surface area contributed by atoms with Crippen molar-refractivity contribution in [2.75, 3.05) is 7.05 Å². The van der Waals surface area contributed by atoms with Crippen molar-refractivity contribution in [3.05, 3.63) is 0 Å². The average Bonchev–Trinajstić information content (AvgIpc) is 2.27. The number of hydrazone groups is 1. The van der Waals surface area contributed by atoms with Gasteiger partial charge in [-0.2, -0.15) is 5.10 Å². The Morgan fingerprint density at radius 2 is 2.06 bits per heavy atom. The molecule has 0 spiro atoms. The predicted molar refractivity (Wildman–Crippen MR) is 66.5 cm³/mol. The van der Waals surface area contributed by atoms with Crippen molar-refractivity contribution in [2.45, 2.75) is 46.1 Å². The largest absolute Gasteiger partial charge is 0.338 e. The van der Waals surface area contributed by atoms with Crippen LogP contribution >= 0.6 is 0 Å². The summed E-state index contributed by atoms with van der Waals surface area (Å²) in [5, 5.41) is 3.82. The molecule has 0 saturated heterocycles. The minimum Gasteiger partial charge on any atom is -0.338 e. The standard InChI is InChI=1S/C12H21N3O2/c1-8(2)7-9(3)15(4)12(17)10-5-6-11(16)14-13-10/h8-9H,5-7H2,1-4H3,(H,14,16). The van der Waals surface area contributed by atoms with Gasteiger partial charge in [-0.1, -0.05) is 13.8 Å². The van der Waals surface area contributed by atoms with Gasteiger partial charge in [0.1, 0.15) is 5.71 Å². The van der Waals surface area contributed by atoms with Gasteiger partial charge in [0, 0.05) is 25.9 Å². The zero-order chi connectivity index (χ0) is 13.0. The molecule has 0 aromatic rings. The Kier molecular flexibility index (Phi) is 4.66. The topological polar surface area (TPSA) is 61.8 Å². The molecule has 0 aromatic carbocycles. The first-order chi connectivity index (χ1) is 7.91. The highest BCUT2D eigenvalue weighted by Gasteiger charge is 2.24. The van der Waals surface area contributed by atoms with Crippen molar-refractivity contribution in [3.8, 4) is 0 Å². The zero-order valence-electron chi connectivity index (χ0n) is 11.0. The van der Waals surface area contributed by atoms with Gasteiger partial charge in [-0.05, 0) is 19.3 Å². The lowest BCUT2D eigenvalue weighted by atomic mass is 10.0. The van der Waals surface area contributed by atoms with Crippen molar-refractivity contribution in [1.82, 2.24) is 10.3 Å². The van der Waals surface area contributed by atoms with Crippen LogP contribution < -0.4 is 5.43 Å². The number of amides is 2. The summed E-state index contributed by atoms with van der Waals surface area (Å²) >= 11 is 0. The second-order valence-corrected chi connectivity index (χ2v) is 4.99. The Balaban J connectivity index is 2.60. The maximum atomic E-state index is 12.1. The SMILES string of the molecule is CC(C)CC(C)N(C)C(=O)C1=NNC(=O)CC1. The summed E-state index contributed by atoms with van der Waals surface area (Å²) in [5.74, 6) is 0.339. The normalized spacial score (nSPS) is 17.5. The van der Waals surface area contributed by atoms with Crippen LogP contribution in [0.2, 0.25) is 0 Å². The molecule has 1 unspecified atom stereocenters. The first-order valence-electron chi connectivity index (χ1n) is 6.04. The van der Waals surface area contributed by atoms with Crippen LogP contribution in [-0.4, -0.2) is 35.5 Å². The van der Waals surface area contributed by atoms with E-state index in [4.69, 9.17) is 0 Å². The maximum absolute atomic E-state index is 12.1. The molecule has 1 aliphatic rings. The highest BCUT2D eigenvalue weighted by molar-refractivity contribution is 6.39. The fraction of sp³-hybridized carbons (Fsp3) is 0.750. The van der Waals surface area contributed by atoms with Crippen molar-refractivity contribution in [2.24, 2.45) is 11.0 Å². The van der Waals surface area contributed by atoms with Gasteiger partial charge >= 0.3 is 0 Å². The molecule has 1 heterocycles. The molecule has 1 N–H and O–H groups in total. The lowest BCUT2D eigenvalue weighted by molar-refractivity contribution is -0.125. The summed E-state index contributed by atoms with van der Waals surface area (Å²) in [7, 11) is 1.79. The molecule has 96 valence electrons. The van der Waals surface area contributed by atoms with Crippen LogP contribution in [0.25, 0.3) is 0 Å². The van der Waals surface area contributed by atoms with Crippen LogP contribution in [0.15, 0.2) is 5.10 Å². The van der Waals surface area contributed by atoms with E-state index in [0.717, 1.165) is 6.42 Å². The molecule has 0 saturated carbocycles. The number of carbonyl (C=O) groups is 2. The monoisotopic (exact) mass is 239 g/mol. The predicted octanol–water partition coefficient (Wildman–Crippen LogP) is 1.15. The molecule has 0 aliphatic carbocycles. The van der Waals surface area contributed by atoms with Crippen molar-refractivity contribution in [3.63, 3.8) is 0 Å². The van der Waals surface area contributed by atoms with E-state index in [1.165, 1.54) is 0 Å². The van der Waals surface area contributed by atoms with Crippen LogP contribution in [0.4, 0.5) is 0 Å². The molecule has 2 amide bonds. The number of carbonyl (C=O) groups excluding carboxylic acids is 2. The van der Waals surface area contributed by atoms with E-state index in [1.807, 2.05) is 6.92 Å². The van der Waals surface area contributed by atoms with Gasteiger partial charge < -0.3 is 4.90 Å². The fourth-order valence-electron chi connectivity index (χ4n) is 1.87. The third-order valence-electron chi connectivity index (χ3n) is 2.95. The lowest BCUT2D eigenvalue weighted by Crippen LogP contribution is -2.42. The van der Waals surface area contributed by atoms with E-state index in [9.17, 15) is 9.59 Å². The summed E-state index contributed by atoms with van der Waals surface area (Å²) < 4.78 is 0. The first kappa shape index (κ1) is 13.7. The van der Waals surface area contributed by atoms with E-state index in [1.54, 1.807) is 11.9 Å². The summed E-state index contributed by atoms with van der Waals surface area (Å²) in [4.78, 5) is 24.7. The van der Waals surface area contributed by atoms with Crippen molar-refractivity contribution >= 4 is 17.5 Å². The second-order valence-electron chi connectivity index (χ2n) is 4.99. The molecule has 0 bridgehead atoms. The molecule has 1 atom stereocenters. The third-order valence-corrected chi connectivity index (χ3v) is 2.95. The molecule has 1 rings (SSSR count). The Labute approximate surface area is 102 Å². The number of nitrogens with zero attached hydrogens (tertiary/aromatic N) is 2. The van der Waals surface area contributed by atoms with Crippen LogP contribution in [0.3, 0.4) is 0 Å². The van der Waals surface area contributed by atoms with Gasteiger partial charge in [0.15, 0.2) is 0 Å². The summed E-state index contributed by atoms with van der Waals surface area (Å²) in [6, 6.07) is 0.183. The first-order valence-corrected chi connectivity index (χ1v) is 6.04. The van der Waals surface area contributed by atoms with Gasteiger partial charge in [0.2, 0.25) is 5.91 Å². The summed E-state index contributed by atoms with van der Waals surface area (Å²) in [5.41, 5.74) is 2.80. The Bertz CT molecular complexity index is 337. The fourth-order valence-corrected chi connectivity index (χ4v) is 1.87. The third kappa shape index (κ3) is 3.84. The minimum absolute atomic E-state index is 0.0850. The van der Waals surface area contributed by atoms with Gasteiger partial charge in [0.25, 0.3) is 5.91 Å². The van der Waals surface area contributed by atoms with Gasteiger partial charge in [-0.25, -0.2) is 5.43 Å². The molecule has 0 radical (unpaired) electrons. The van der Waals surface area contributed by atoms with Crippen molar-refractivity contribution in [1.29, 1.82) is 0 Å². The molecular formula is C12H21N3O2. The number of hydrogen-bond donors (Lipinski definition) is 1. The van der Waals surface area contributed by atoms with E-state index < -0.39 is 0 Å². The lowest BCUT2D eigenvalue weighted by Gasteiger charge is -2.27. The Morgan fingerprint density at radius 3 is 2.53 bits per heavy atom. The second kappa shape index (κ2) is 5.80. The van der Waals surface area contributed by atoms with Crippen LogP contribution in [0.5, 0.6) is 0 Å². The van der Waals surface area contributed by atoms with Gasteiger partial charge in [-0.3, -0.25) is 9.59 Å². The van der Waals surface area contributed by atoms with E-state index in [-0.39, 0.29) is 17.9 Å². The molecule has 5 heteroatoms. The quantitative estimate of drug-likeness (QED) is 0.799. The molecule has 0 aromatic heterocycles. The Hall–Kier alpha value is -1.39. The minimum atomic E-state index is -0.126. The summed E-state index contributed by atoms with van der Waals surface area (Å²) in [6.45, 7) is 6.29. The van der Waals surface area contributed by atoms with Gasteiger partial charge in [-0.15, -0.1) is 0 Å². The van der Waals surface area contributed by atoms with E-state index >= 15 is 0 Å². The van der Waals surface area contributed by atoms with E-state index in [0.29, 0.717) is 24.5 Å². The number of hydrogen-bond acceptors (Lipinski definition) is 3. The molecular weight excluding hydrogens is 218 g/mol. The van der Waals surface area contributed by atoms with Crippen LogP contribution in [0.1, 0.15) is 40.0 Å². The smallest absolute Gasteiger partial charge is 0.270 e. The molecule has 0 fully saturated rings. The van der Waals surface area contributed by atoms with E-state index in [2.05, 4.69) is 24.4 Å². The highest BCUT2D eigenvalue weighted by atomic mass is 16.2. The zero-order valence-corrected chi connectivity index (χ0v) is 11.0. The number of nitrogens with one attached hydrogen (secondary N) is 1. The molecule has 17 heavy (non-hydrogen) atoms.